The Morgan fingerprint density at radius 1 is 1.67 bits per heavy atom. The molecular formula is C11H9ClF2N2O2. The topological polar surface area (TPSA) is 63.0 Å². The molecular weight excluding hydrogens is 266 g/mol. The fourth-order valence-electron chi connectivity index (χ4n) is 1.43. The molecule has 0 aromatic carbocycles. The van der Waals surface area contributed by atoms with Gasteiger partial charge in [-0.1, -0.05) is 0 Å². The number of aromatic nitrogens is 1. The third kappa shape index (κ3) is 2.93. The molecule has 1 rings (SSSR count). The van der Waals surface area contributed by atoms with E-state index in [0.29, 0.717) is 0 Å². The summed E-state index contributed by atoms with van der Waals surface area (Å²) in [5.74, 6) is -0.835. The molecule has 0 aliphatic heterocycles. The van der Waals surface area contributed by atoms with Crippen molar-refractivity contribution < 1.29 is 18.3 Å². The van der Waals surface area contributed by atoms with Crippen LogP contribution in [0.1, 0.15) is 28.8 Å². The van der Waals surface area contributed by atoms with Crippen molar-refractivity contribution in [1.29, 1.82) is 5.26 Å². The second kappa shape index (κ2) is 6.26. The van der Waals surface area contributed by atoms with E-state index in [1.54, 1.807) is 6.07 Å². The molecule has 0 amide bonds. The molecule has 0 spiro atoms. The molecule has 18 heavy (non-hydrogen) atoms. The van der Waals surface area contributed by atoms with Gasteiger partial charge in [0.2, 0.25) is 0 Å². The number of nitriles is 1. The SMILES string of the molecule is COC(=O)Cc1ncc(CCl)c(C(F)F)c1C#N. The maximum absolute atomic E-state index is 12.9. The van der Waals surface area contributed by atoms with Gasteiger partial charge >= 0.3 is 5.97 Å². The normalized spacial score (nSPS) is 10.2. The van der Waals surface area contributed by atoms with Crippen molar-refractivity contribution in [2.75, 3.05) is 7.11 Å². The summed E-state index contributed by atoms with van der Waals surface area (Å²) in [6.45, 7) is 0. The Bertz CT molecular complexity index is 501. The zero-order valence-corrected chi connectivity index (χ0v) is 10.2. The van der Waals surface area contributed by atoms with E-state index in [-0.39, 0.29) is 29.1 Å². The second-order valence-corrected chi connectivity index (χ2v) is 3.59. The lowest BCUT2D eigenvalue weighted by Gasteiger charge is -2.11. The molecule has 0 unspecified atom stereocenters. The minimum atomic E-state index is -2.85. The van der Waals surface area contributed by atoms with Crippen molar-refractivity contribution in [2.45, 2.75) is 18.7 Å². The second-order valence-electron chi connectivity index (χ2n) is 3.32. The summed E-state index contributed by atoms with van der Waals surface area (Å²) in [5, 5.41) is 8.94. The van der Waals surface area contributed by atoms with Gasteiger partial charge in [-0.15, -0.1) is 11.6 Å². The Kier molecular flexibility index (Phi) is 4.98. The average molecular weight is 275 g/mol. The molecule has 1 aromatic heterocycles. The lowest BCUT2D eigenvalue weighted by molar-refractivity contribution is -0.139. The van der Waals surface area contributed by atoms with E-state index in [1.165, 1.54) is 0 Å². The number of pyridine rings is 1. The summed E-state index contributed by atoms with van der Waals surface area (Å²) >= 11 is 5.52. The Morgan fingerprint density at radius 2 is 2.33 bits per heavy atom. The number of ether oxygens (including phenoxy) is 1. The average Bonchev–Trinajstić information content (AvgIpc) is 2.37. The fraction of sp³-hybridized carbons (Fsp3) is 0.364. The lowest BCUT2D eigenvalue weighted by atomic mass is 10.0. The van der Waals surface area contributed by atoms with E-state index in [1.807, 2.05) is 0 Å². The summed E-state index contributed by atoms with van der Waals surface area (Å²) in [4.78, 5) is 14.9. The molecule has 0 aliphatic rings. The number of nitrogens with zero attached hydrogens (tertiary/aromatic N) is 2. The van der Waals surface area contributed by atoms with Gasteiger partial charge in [-0.2, -0.15) is 5.26 Å². The molecule has 1 heterocycles. The Hall–Kier alpha value is -1.74. The van der Waals surface area contributed by atoms with Gasteiger partial charge in [-0.3, -0.25) is 9.78 Å². The molecule has 0 N–H and O–H groups in total. The van der Waals surface area contributed by atoms with Gasteiger partial charge in [0.1, 0.15) is 6.07 Å². The minimum absolute atomic E-state index is 0.0338. The Morgan fingerprint density at radius 3 is 2.78 bits per heavy atom. The van der Waals surface area contributed by atoms with E-state index in [0.717, 1.165) is 13.3 Å². The number of rotatable bonds is 4. The van der Waals surface area contributed by atoms with Crippen molar-refractivity contribution in [2.24, 2.45) is 0 Å². The van der Waals surface area contributed by atoms with Gasteiger partial charge in [0.25, 0.3) is 6.43 Å². The van der Waals surface area contributed by atoms with E-state index >= 15 is 0 Å². The maximum Gasteiger partial charge on any atom is 0.311 e. The van der Waals surface area contributed by atoms with Crippen LogP contribution in [-0.2, 0) is 21.8 Å². The smallest absolute Gasteiger partial charge is 0.311 e. The van der Waals surface area contributed by atoms with Gasteiger partial charge < -0.3 is 4.74 Å². The van der Waals surface area contributed by atoms with Crippen LogP contribution in [0.15, 0.2) is 6.20 Å². The van der Waals surface area contributed by atoms with Crippen molar-refractivity contribution in [3.05, 3.63) is 28.6 Å². The van der Waals surface area contributed by atoms with Crippen molar-refractivity contribution in [3.63, 3.8) is 0 Å². The summed E-state index contributed by atoms with van der Waals surface area (Å²) in [7, 11) is 1.16. The van der Waals surface area contributed by atoms with Gasteiger partial charge in [-0.05, 0) is 5.56 Å². The summed E-state index contributed by atoms with van der Waals surface area (Å²) < 4.78 is 30.2. The van der Waals surface area contributed by atoms with Gasteiger partial charge in [0.15, 0.2) is 0 Å². The molecule has 4 nitrogen and oxygen atoms in total. The number of halogens is 3. The van der Waals surface area contributed by atoms with E-state index in [9.17, 15) is 13.6 Å². The third-order valence-electron chi connectivity index (χ3n) is 2.29. The number of hydrogen-bond donors (Lipinski definition) is 0. The van der Waals surface area contributed by atoms with E-state index in [4.69, 9.17) is 16.9 Å². The van der Waals surface area contributed by atoms with Gasteiger partial charge in [-0.25, -0.2) is 8.78 Å². The van der Waals surface area contributed by atoms with Crippen LogP contribution in [0.2, 0.25) is 0 Å². The van der Waals surface area contributed by atoms with E-state index < -0.39 is 18.0 Å². The van der Waals surface area contributed by atoms with Gasteiger partial charge in [0.05, 0.1) is 24.8 Å². The number of hydrogen-bond acceptors (Lipinski definition) is 4. The first-order valence-corrected chi connectivity index (χ1v) is 5.40. The first-order chi connectivity index (χ1) is 8.54. The van der Waals surface area contributed by atoms with Crippen LogP contribution in [0.3, 0.4) is 0 Å². The standard InChI is InChI=1S/C11H9ClF2N2O2/c1-18-9(17)2-8-7(4-15)10(11(13)14)6(3-12)5-16-8/h5,11H,2-3H2,1H3. The summed E-state index contributed by atoms with van der Waals surface area (Å²) in [5.41, 5.74) is -0.736. The van der Waals surface area contributed by atoms with Crippen LogP contribution >= 0.6 is 11.6 Å². The van der Waals surface area contributed by atoms with Crippen LogP contribution in [0.5, 0.6) is 0 Å². The molecule has 96 valence electrons. The molecule has 0 saturated carbocycles. The summed E-state index contributed by atoms with van der Waals surface area (Å²) in [6, 6.07) is 1.64. The van der Waals surface area contributed by atoms with Gasteiger partial charge in [0, 0.05) is 17.6 Å². The molecule has 1 aromatic rings. The van der Waals surface area contributed by atoms with Crippen molar-refractivity contribution in [1.82, 2.24) is 4.98 Å². The number of esters is 1. The van der Waals surface area contributed by atoms with Crippen molar-refractivity contribution in [3.8, 4) is 6.07 Å². The first-order valence-electron chi connectivity index (χ1n) is 4.86. The van der Waals surface area contributed by atoms with Crippen LogP contribution in [0, 0.1) is 11.3 Å². The van der Waals surface area contributed by atoms with Crippen LogP contribution in [0.4, 0.5) is 8.78 Å². The zero-order chi connectivity index (χ0) is 13.7. The molecule has 0 radical (unpaired) electrons. The molecule has 0 fully saturated rings. The first kappa shape index (κ1) is 14.3. The molecule has 0 aliphatic carbocycles. The third-order valence-corrected chi connectivity index (χ3v) is 2.58. The van der Waals surface area contributed by atoms with Crippen LogP contribution in [-0.4, -0.2) is 18.1 Å². The predicted octanol–water partition coefficient (Wildman–Crippen LogP) is 2.35. The highest BCUT2D eigenvalue weighted by Gasteiger charge is 2.22. The number of alkyl halides is 3. The highest BCUT2D eigenvalue weighted by atomic mass is 35.5. The Balaban J connectivity index is 3.34. The Labute approximate surface area is 107 Å². The molecule has 0 saturated heterocycles. The minimum Gasteiger partial charge on any atom is -0.469 e. The largest absolute Gasteiger partial charge is 0.469 e. The fourth-order valence-corrected chi connectivity index (χ4v) is 1.64. The molecule has 0 atom stereocenters. The van der Waals surface area contributed by atoms with E-state index in [2.05, 4.69) is 9.72 Å². The monoisotopic (exact) mass is 274 g/mol. The highest BCUT2D eigenvalue weighted by Crippen LogP contribution is 2.29. The highest BCUT2D eigenvalue weighted by molar-refractivity contribution is 6.17. The maximum atomic E-state index is 12.9. The predicted molar refractivity (Wildman–Crippen MR) is 59.2 cm³/mol. The van der Waals surface area contributed by atoms with Crippen LogP contribution in [0.25, 0.3) is 0 Å². The summed E-state index contributed by atoms with van der Waals surface area (Å²) in [6.07, 6.45) is -2.04. The molecule has 0 bridgehead atoms. The molecule has 7 heteroatoms. The number of methoxy groups -OCH3 is 1. The van der Waals surface area contributed by atoms with Crippen molar-refractivity contribution >= 4 is 17.6 Å². The number of carbonyl (C=O) groups excluding carboxylic acids is 1. The zero-order valence-electron chi connectivity index (χ0n) is 9.41. The van der Waals surface area contributed by atoms with Crippen LogP contribution < -0.4 is 0 Å². The lowest BCUT2D eigenvalue weighted by Crippen LogP contribution is -2.11. The number of carbonyl (C=O) groups is 1. The quantitative estimate of drug-likeness (QED) is 0.624.